The first-order valence-corrected chi connectivity index (χ1v) is 5.12. The number of aromatic nitrogens is 2. The van der Waals surface area contributed by atoms with Crippen LogP contribution in [0.5, 0.6) is 0 Å². The summed E-state index contributed by atoms with van der Waals surface area (Å²) < 4.78 is 0. The van der Waals surface area contributed by atoms with E-state index in [-0.39, 0.29) is 6.61 Å². The van der Waals surface area contributed by atoms with E-state index >= 15 is 0 Å². The van der Waals surface area contributed by atoms with Crippen LogP contribution >= 0.6 is 0 Å². The van der Waals surface area contributed by atoms with E-state index in [4.69, 9.17) is 5.11 Å². The maximum absolute atomic E-state index is 8.84. The summed E-state index contributed by atoms with van der Waals surface area (Å²) in [5.41, 5.74) is 5.07. The molecule has 1 aliphatic heterocycles. The van der Waals surface area contributed by atoms with E-state index in [1.807, 2.05) is 18.0 Å². The second-order valence-corrected chi connectivity index (χ2v) is 3.59. The molecule has 0 saturated carbocycles. The molecule has 0 radical (unpaired) electrons. The molecule has 16 heavy (non-hydrogen) atoms. The molecule has 6 nitrogen and oxygen atoms in total. The van der Waals surface area contributed by atoms with Crippen LogP contribution in [0.15, 0.2) is 24.2 Å². The third-order valence-corrected chi connectivity index (χ3v) is 2.36. The first-order valence-electron chi connectivity index (χ1n) is 5.12. The molecule has 0 saturated heterocycles. The third-order valence-electron chi connectivity index (χ3n) is 2.36. The van der Waals surface area contributed by atoms with Crippen molar-refractivity contribution in [3.8, 4) is 0 Å². The fraction of sp³-hybridized carbons (Fsp3) is 0.400. The van der Waals surface area contributed by atoms with Gasteiger partial charge in [0, 0.05) is 6.54 Å². The summed E-state index contributed by atoms with van der Waals surface area (Å²) in [7, 11) is 0. The lowest BCUT2D eigenvalue weighted by atomic mass is 10.3. The lowest BCUT2D eigenvalue weighted by Gasteiger charge is -2.16. The summed E-state index contributed by atoms with van der Waals surface area (Å²) in [6, 6.07) is 0. The minimum absolute atomic E-state index is 0.0959. The van der Waals surface area contributed by atoms with Crippen molar-refractivity contribution in [3.05, 3.63) is 24.2 Å². The Balaban J connectivity index is 1.94. The minimum Gasteiger partial charge on any atom is -0.392 e. The topological polar surface area (TPSA) is 73.3 Å². The molecular weight excluding hydrogens is 206 g/mol. The van der Waals surface area contributed by atoms with Crippen LogP contribution in [-0.2, 0) is 0 Å². The second kappa shape index (κ2) is 4.91. The molecule has 2 rings (SSSR count). The number of hydrogen-bond donors (Lipinski definition) is 3. The van der Waals surface area contributed by atoms with Gasteiger partial charge in [-0.05, 0) is 6.92 Å². The molecule has 6 heteroatoms. The summed E-state index contributed by atoms with van der Waals surface area (Å²) in [4.78, 5) is 8.12. The highest BCUT2D eigenvalue weighted by Crippen LogP contribution is 2.24. The van der Waals surface area contributed by atoms with E-state index in [0.29, 0.717) is 13.2 Å². The largest absolute Gasteiger partial charge is 0.392 e. The predicted octanol–water partition coefficient (Wildman–Crippen LogP) is 0.109. The van der Waals surface area contributed by atoms with E-state index < -0.39 is 0 Å². The average molecular weight is 221 g/mol. The van der Waals surface area contributed by atoms with Gasteiger partial charge in [0.1, 0.15) is 13.0 Å². The first-order chi connectivity index (χ1) is 7.81. The zero-order valence-corrected chi connectivity index (χ0v) is 9.14. The molecule has 0 aliphatic carbocycles. The lowest BCUT2D eigenvalue weighted by molar-refractivity contribution is 0.331. The number of nitrogens with zero attached hydrogens (tertiary/aromatic N) is 3. The van der Waals surface area contributed by atoms with Crippen molar-refractivity contribution in [2.45, 2.75) is 6.92 Å². The van der Waals surface area contributed by atoms with E-state index in [1.54, 1.807) is 6.20 Å². The molecule has 0 atom stereocenters. The highest BCUT2D eigenvalue weighted by molar-refractivity contribution is 5.68. The molecule has 0 spiro atoms. The number of nitrogens with one attached hydrogen (secondary N) is 2. The maximum Gasteiger partial charge on any atom is 0.171 e. The number of rotatable bonds is 4. The van der Waals surface area contributed by atoms with Crippen LogP contribution in [-0.4, -0.2) is 34.9 Å². The van der Waals surface area contributed by atoms with E-state index in [1.165, 1.54) is 6.33 Å². The minimum atomic E-state index is 0.0959. The van der Waals surface area contributed by atoms with Gasteiger partial charge in [0.15, 0.2) is 5.82 Å². The maximum atomic E-state index is 8.84. The molecule has 0 unspecified atom stereocenters. The van der Waals surface area contributed by atoms with Gasteiger partial charge in [-0.25, -0.2) is 15.4 Å². The van der Waals surface area contributed by atoms with Gasteiger partial charge >= 0.3 is 0 Å². The van der Waals surface area contributed by atoms with Crippen LogP contribution < -0.4 is 15.8 Å². The van der Waals surface area contributed by atoms with Crippen LogP contribution in [0.2, 0.25) is 0 Å². The van der Waals surface area contributed by atoms with Crippen molar-refractivity contribution in [3.63, 3.8) is 0 Å². The highest BCUT2D eigenvalue weighted by Gasteiger charge is 2.18. The molecule has 86 valence electrons. The Morgan fingerprint density at radius 2 is 2.62 bits per heavy atom. The molecule has 0 fully saturated rings. The van der Waals surface area contributed by atoms with Crippen molar-refractivity contribution in [2.24, 2.45) is 0 Å². The standard InChI is InChI=1S/C10H15N5O/c1-8(5-16)2-3-14-15-7-13-9-4-11-6-12-10(9)15/h2,4,6,13-14,16H,3,5,7H2,1H3. The zero-order chi connectivity index (χ0) is 11.4. The highest BCUT2D eigenvalue weighted by atomic mass is 16.3. The fourth-order valence-electron chi connectivity index (χ4n) is 1.43. The summed E-state index contributed by atoms with van der Waals surface area (Å²) in [6.07, 6.45) is 5.22. The Hall–Kier alpha value is -1.66. The molecule has 1 aromatic heterocycles. The van der Waals surface area contributed by atoms with Gasteiger partial charge in [-0.15, -0.1) is 0 Å². The van der Waals surface area contributed by atoms with Crippen LogP contribution in [0, 0.1) is 0 Å². The van der Waals surface area contributed by atoms with Gasteiger partial charge in [0.05, 0.1) is 18.5 Å². The molecule has 0 aromatic carbocycles. The van der Waals surface area contributed by atoms with Gasteiger partial charge in [-0.3, -0.25) is 5.01 Å². The predicted molar refractivity (Wildman–Crippen MR) is 61.8 cm³/mol. The van der Waals surface area contributed by atoms with Crippen molar-refractivity contribution >= 4 is 11.5 Å². The number of hydrazine groups is 1. The molecule has 0 bridgehead atoms. The van der Waals surface area contributed by atoms with Crippen molar-refractivity contribution in [2.75, 3.05) is 30.1 Å². The number of anilines is 2. The summed E-state index contributed by atoms with van der Waals surface area (Å²) >= 11 is 0. The molecule has 2 heterocycles. The molecular formula is C10H15N5O. The van der Waals surface area contributed by atoms with Crippen LogP contribution in [0.4, 0.5) is 11.5 Å². The van der Waals surface area contributed by atoms with Crippen molar-refractivity contribution in [1.29, 1.82) is 0 Å². The number of aliphatic hydroxyl groups is 1. The first kappa shape index (κ1) is 10.8. The number of fused-ring (bicyclic) bond motifs is 1. The van der Waals surface area contributed by atoms with Crippen LogP contribution in [0.25, 0.3) is 0 Å². The fourth-order valence-corrected chi connectivity index (χ4v) is 1.43. The zero-order valence-electron chi connectivity index (χ0n) is 9.14. The monoisotopic (exact) mass is 221 g/mol. The van der Waals surface area contributed by atoms with Gasteiger partial charge < -0.3 is 10.4 Å². The average Bonchev–Trinajstić information content (AvgIpc) is 2.73. The van der Waals surface area contributed by atoms with Gasteiger partial charge in [0.2, 0.25) is 0 Å². The third kappa shape index (κ3) is 2.29. The van der Waals surface area contributed by atoms with Crippen molar-refractivity contribution in [1.82, 2.24) is 15.4 Å². The van der Waals surface area contributed by atoms with Gasteiger partial charge in [-0.1, -0.05) is 11.6 Å². The Morgan fingerprint density at radius 1 is 1.75 bits per heavy atom. The number of aliphatic hydroxyl groups excluding tert-OH is 1. The molecule has 1 aromatic rings. The van der Waals surface area contributed by atoms with Gasteiger partial charge in [0.25, 0.3) is 0 Å². The molecule has 0 amide bonds. The summed E-state index contributed by atoms with van der Waals surface area (Å²) in [5, 5.41) is 13.9. The molecule has 1 aliphatic rings. The Labute approximate surface area is 94.0 Å². The second-order valence-electron chi connectivity index (χ2n) is 3.59. The van der Waals surface area contributed by atoms with Crippen LogP contribution in [0.1, 0.15) is 6.92 Å². The van der Waals surface area contributed by atoms with E-state index in [9.17, 15) is 0 Å². The number of hydrogen-bond acceptors (Lipinski definition) is 6. The normalized spacial score (nSPS) is 14.9. The van der Waals surface area contributed by atoms with E-state index in [2.05, 4.69) is 20.7 Å². The van der Waals surface area contributed by atoms with Crippen molar-refractivity contribution < 1.29 is 5.11 Å². The lowest BCUT2D eigenvalue weighted by Crippen LogP contribution is -2.38. The SMILES string of the molecule is CC(=CCNN1CNc2cncnc21)CO. The Bertz CT molecular complexity index is 393. The summed E-state index contributed by atoms with van der Waals surface area (Å²) in [5.74, 6) is 0.852. The smallest absolute Gasteiger partial charge is 0.171 e. The van der Waals surface area contributed by atoms with E-state index in [0.717, 1.165) is 17.1 Å². The quantitative estimate of drug-likeness (QED) is 0.627. The Morgan fingerprint density at radius 3 is 3.44 bits per heavy atom. The summed E-state index contributed by atoms with van der Waals surface area (Å²) in [6.45, 7) is 3.32. The molecule has 3 N–H and O–H groups in total. The van der Waals surface area contributed by atoms with Crippen LogP contribution in [0.3, 0.4) is 0 Å². The Kier molecular flexibility index (Phi) is 3.33. The van der Waals surface area contributed by atoms with Gasteiger partial charge in [-0.2, -0.15) is 0 Å².